The second kappa shape index (κ2) is 10.5. The lowest BCUT2D eigenvalue weighted by Crippen LogP contribution is -2.48. The van der Waals surface area contributed by atoms with Gasteiger partial charge in [-0.1, -0.05) is 18.2 Å². The number of carbonyl (C=O) groups excluding carboxylic acids is 2. The lowest BCUT2D eigenvalue weighted by molar-refractivity contribution is -0.126. The number of aromatic nitrogens is 1. The summed E-state index contributed by atoms with van der Waals surface area (Å²) in [5.74, 6) is -0.239. The van der Waals surface area contributed by atoms with Crippen LogP contribution in [0.25, 0.3) is 0 Å². The van der Waals surface area contributed by atoms with E-state index >= 15 is 0 Å². The highest BCUT2D eigenvalue weighted by molar-refractivity contribution is 7.89. The second-order valence-corrected chi connectivity index (χ2v) is 9.62. The summed E-state index contributed by atoms with van der Waals surface area (Å²) in [5, 5.41) is 0. The number of hydrogen-bond acceptors (Lipinski definition) is 7. The molecule has 34 heavy (non-hydrogen) atoms. The fourth-order valence-electron chi connectivity index (χ4n) is 3.54. The first-order valence-electron chi connectivity index (χ1n) is 10.7. The molecule has 0 saturated carbocycles. The minimum Gasteiger partial charge on any atom is -0.486 e. The lowest BCUT2D eigenvalue weighted by atomic mass is 9.98. The van der Waals surface area contributed by atoms with Gasteiger partial charge in [0.15, 0.2) is 5.76 Å². The predicted octanol–water partition coefficient (Wildman–Crippen LogP) is 2.12. The van der Waals surface area contributed by atoms with Crippen molar-refractivity contribution in [2.24, 2.45) is 5.92 Å². The number of pyridine rings is 1. The number of ether oxygens (including phenoxy) is 1. The molecule has 0 radical (unpaired) electrons. The molecule has 0 unspecified atom stereocenters. The van der Waals surface area contributed by atoms with Crippen molar-refractivity contribution >= 4 is 21.8 Å². The maximum absolute atomic E-state index is 12.7. The van der Waals surface area contributed by atoms with Crippen LogP contribution >= 0.6 is 0 Å². The second-order valence-electron chi connectivity index (χ2n) is 7.68. The van der Waals surface area contributed by atoms with Crippen LogP contribution in [-0.4, -0.2) is 42.6 Å². The summed E-state index contributed by atoms with van der Waals surface area (Å²) in [7, 11) is -3.65. The van der Waals surface area contributed by atoms with Crippen molar-refractivity contribution in [3.05, 3.63) is 78.5 Å². The minimum absolute atomic E-state index is 0.0318. The lowest BCUT2D eigenvalue weighted by Gasteiger charge is -2.30. The Balaban J connectivity index is 1.23. The van der Waals surface area contributed by atoms with Crippen LogP contribution in [0.1, 0.15) is 29.2 Å². The van der Waals surface area contributed by atoms with E-state index in [9.17, 15) is 18.0 Å². The first-order valence-corrected chi connectivity index (χ1v) is 12.1. The zero-order valence-corrected chi connectivity index (χ0v) is 19.0. The van der Waals surface area contributed by atoms with Gasteiger partial charge < -0.3 is 9.15 Å². The van der Waals surface area contributed by atoms with Gasteiger partial charge >= 0.3 is 5.91 Å². The number of rotatable bonds is 7. The van der Waals surface area contributed by atoms with Gasteiger partial charge in [0.25, 0.3) is 0 Å². The van der Waals surface area contributed by atoms with E-state index in [1.165, 1.54) is 28.8 Å². The molecular weight excluding hydrogens is 460 g/mol. The van der Waals surface area contributed by atoms with Gasteiger partial charge in [0.2, 0.25) is 15.9 Å². The number of furan rings is 1. The quantitative estimate of drug-likeness (QED) is 0.491. The van der Waals surface area contributed by atoms with Crippen LogP contribution in [0.5, 0.6) is 5.75 Å². The third-order valence-electron chi connectivity index (χ3n) is 5.41. The van der Waals surface area contributed by atoms with Crippen molar-refractivity contribution < 1.29 is 27.2 Å². The standard InChI is InChI=1S/C23H24N4O6S/c28-22(17-10-13-27(14-11-17)34(30,31)20-7-4-12-24-15-20)25-26-23(29)21-9-8-19(33-21)16-32-18-5-2-1-3-6-18/h1-9,12,15,17H,10-11,13-14,16H2,(H,25,28)(H,26,29). The van der Waals surface area contributed by atoms with E-state index in [0.29, 0.717) is 24.4 Å². The number of hydrogen-bond donors (Lipinski definition) is 2. The maximum atomic E-state index is 12.7. The fourth-order valence-corrected chi connectivity index (χ4v) is 4.97. The Morgan fingerprint density at radius 2 is 1.79 bits per heavy atom. The van der Waals surface area contributed by atoms with Crippen LogP contribution in [0.15, 0.2) is 76.3 Å². The Morgan fingerprint density at radius 1 is 1.03 bits per heavy atom. The molecule has 1 aliphatic rings. The van der Waals surface area contributed by atoms with Crippen LogP contribution in [-0.2, 0) is 21.4 Å². The highest BCUT2D eigenvalue weighted by atomic mass is 32.2. The summed E-state index contributed by atoms with van der Waals surface area (Å²) in [5.41, 5.74) is 4.73. The van der Waals surface area contributed by atoms with Crippen LogP contribution in [0.2, 0.25) is 0 Å². The summed E-state index contributed by atoms with van der Waals surface area (Å²) in [4.78, 5) is 28.8. The number of hydrazine groups is 1. The van der Waals surface area contributed by atoms with E-state index in [0.717, 1.165) is 0 Å². The number of nitrogens with zero attached hydrogens (tertiary/aromatic N) is 2. The van der Waals surface area contributed by atoms with Crippen LogP contribution in [0.3, 0.4) is 0 Å². The van der Waals surface area contributed by atoms with E-state index in [1.807, 2.05) is 30.3 Å². The highest BCUT2D eigenvalue weighted by Gasteiger charge is 2.32. The molecule has 1 fully saturated rings. The first-order chi connectivity index (χ1) is 16.4. The van der Waals surface area contributed by atoms with Crippen LogP contribution in [0, 0.1) is 5.92 Å². The molecule has 1 aromatic carbocycles. The van der Waals surface area contributed by atoms with E-state index in [-0.39, 0.29) is 36.3 Å². The van der Waals surface area contributed by atoms with E-state index < -0.39 is 21.8 Å². The Labute approximate surface area is 197 Å². The number of benzene rings is 1. The van der Waals surface area contributed by atoms with Crippen molar-refractivity contribution in [3.8, 4) is 5.75 Å². The normalized spacial score (nSPS) is 14.9. The Bertz CT molecular complexity index is 1220. The summed E-state index contributed by atoms with van der Waals surface area (Å²) in [6.07, 6.45) is 3.48. The predicted molar refractivity (Wildman–Crippen MR) is 121 cm³/mol. The largest absolute Gasteiger partial charge is 0.486 e. The molecule has 1 aliphatic heterocycles. The topological polar surface area (TPSA) is 131 Å². The molecule has 1 saturated heterocycles. The van der Waals surface area contributed by atoms with Gasteiger partial charge in [-0.15, -0.1) is 0 Å². The molecule has 3 heterocycles. The van der Waals surface area contributed by atoms with Crippen molar-refractivity contribution in [2.45, 2.75) is 24.3 Å². The Morgan fingerprint density at radius 3 is 2.50 bits per heavy atom. The SMILES string of the molecule is O=C(NNC(=O)C1CCN(S(=O)(=O)c2cccnc2)CC1)c1ccc(COc2ccccc2)o1. The third-order valence-corrected chi connectivity index (χ3v) is 7.29. The number of para-hydroxylation sites is 1. The number of sulfonamides is 1. The monoisotopic (exact) mass is 484 g/mol. The molecule has 0 aliphatic carbocycles. The van der Waals surface area contributed by atoms with Crippen molar-refractivity contribution in [1.29, 1.82) is 0 Å². The molecule has 2 aromatic heterocycles. The molecule has 0 atom stereocenters. The molecule has 0 bridgehead atoms. The molecule has 10 nitrogen and oxygen atoms in total. The van der Waals surface area contributed by atoms with Gasteiger partial charge in [-0.2, -0.15) is 4.31 Å². The summed E-state index contributed by atoms with van der Waals surface area (Å²) in [6.45, 7) is 0.558. The van der Waals surface area contributed by atoms with Gasteiger partial charge in [0, 0.05) is 31.4 Å². The Kier molecular flexibility index (Phi) is 7.24. The van der Waals surface area contributed by atoms with Gasteiger partial charge in [-0.05, 0) is 49.2 Å². The molecular formula is C23H24N4O6S. The number of nitrogens with one attached hydrogen (secondary N) is 2. The van der Waals surface area contributed by atoms with Gasteiger partial charge in [0.1, 0.15) is 23.0 Å². The molecule has 11 heteroatoms. The molecule has 3 aromatic rings. The van der Waals surface area contributed by atoms with Crippen LogP contribution < -0.4 is 15.6 Å². The average molecular weight is 485 g/mol. The molecule has 0 spiro atoms. The third kappa shape index (κ3) is 5.61. The zero-order valence-electron chi connectivity index (χ0n) is 18.2. The number of amides is 2. The molecule has 178 valence electrons. The van der Waals surface area contributed by atoms with Crippen molar-refractivity contribution in [2.75, 3.05) is 13.1 Å². The highest BCUT2D eigenvalue weighted by Crippen LogP contribution is 2.23. The molecule has 4 rings (SSSR count). The maximum Gasteiger partial charge on any atom is 0.305 e. The minimum atomic E-state index is -3.65. The van der Waals surface area contributed by atoms with Crippen LogP contribution in [0.4, 0.5) is 0 Å². The average Bonchev–Trinajstić information content (AvgIpc) is 3.36. The summed E-state index contributed by atoms with van der Waals surface area (Å²) < 4.78 is 37.7. The van der Waals surface area contributed by atoms with Crippen molar-refractivity contribution in [3.63, 3.8) is 0 Å². The fraction of sp³-hybridized carbons (Fsp3) is 0.261. The first kappa shape index (κ1) is 23.5. The molecule has 2 N–H and O–H groups in total. The van der Waals surface area contributed by atoms with Gasteiger partial charge in [-0.25, -0.2) is 8.42 Å². The van der Waals surface area contributed by atoms with E-state index in [4.69, 9.17) is 9.15 Å². The summed E-state index contributed by atoms with van der Waals surface area (Å²) >= 11 is 0. The number of carbonyl (C=O) groups is 2. The van der Waals surface area contributed by atoms with Gasteiger partial charge in [0.05, 0.1) is 0 Å². The number of piperidine rings is 1. The van der Waals surface area contributed by atoms with Gasteiger partial charge in [-0.3, -0.25) is 25.4 Å². The zero-order chi connectivity index (χ0) is 24.0. The summed E-state index contributed by atoms with van der Waals surface area (Å²) in [6, 6.07) is 15.4. The Hall–Kier alpha value is -3.70. The van der Waals surface area contributed by atoms with E-state index in [1.54, 1.807) is 12.1 Å². The van der Waals surface area contributed by atoms with Crippen molar-refractivity contribution in [1.82, 2.24) is 20.1 Å². The van der Waals surface area contributed by atoms with E-state index in [2.05, 4.69) is 15.8 Å². The molecule has 2 amide bonds. The smallest absolute Gasteiger partial charge is 0.305 e.